The van der Waals surface area contributed by atoms with E-state index in [1.165, 1.54) is 37.6 Å². The molecule has 1 aliphatic rings. The predicted octanol–water partition coefficient (Wildman–Crippen LogP) is 4.79. The van der Waals surface area contributed by atoms with E-state index in [2.05, 4.69) is 35.8 Å². The van der Waals surface area contributed by atoms with Gasteiger partial charge in [0.25, 0.3) is 0 Å². The molecule has 1 heterocycles. The first-order valence-corrected chi connectivity index (χ1v) is 8.25. The molecule has 3 rings (SSSR count). The minimum absolute atomic E-state index is 0.419. The largest absolute Gasteiger partial charge is 0.327 e. The van der Waals surface area contributed by atoms with E-state index >= 15 is 0 Å². The predicted molar refractivity (Wildman–Crippen MR) is 85.3 cm³/mol. The second-order valence-electron chi connectivity index (χ2n) is 6.41. The fourth-order valence-corrected chi connectivity index (χ4v) is 3.69. The lowest BCUT2D eigenvalue weighted by Crippen LogP contribution is -2.27. The molecule has 0 amide bonds. The Hall–Kier alpha value is -1.02. The molecule has 0 bridgehead atoms. The van der Waals surface area contributed by atoms with Gasteiger partial charge in [0.2, 0.25) is 0 Å². The van der Waals surface area contributed by atoms with Gasteiger partial charge in [-0.05, 0) is 30.4 Å². The molecule has 0 saturated heterocycles. The van der Waals surface area contributed by atoms with Crippen LogP contribution in [0.1, 0.15) is 44.9 Å². The molecule has 20 heavy (non-hydrogen) atoms. The number of halogens is 1. The molecular weight excluding hydrogens is 268 g/mol. The maximum atomic E-state index is 5.96. The van der Waals surface area contributed by atoms with Crippen molar-refractivity contribution >= 4 is 22.6 Å². The van der Waals surface area contributed by atoms with Crippen LogP contribution < -0.4 is 0 Å². The van der Waals surface area contributed by atoms with Crippen LogP contribution in [0, 0.1) is 5.41 Å². The van der Waals surface area contributed by atoms with Crippen molar-refractivity contribution in [2.75, 3.05) is 5.88 Å². The molecule has 0 spiro atoms. The van der Waals surface area contributed by atoms with E-state index < -0.39 is 0 Å². The van der Waals surface area contributed by atoms with Gasteiger partial charge < -0.3 is 4.57 Å². The summed E-state index contributed by atoms with van der Waals surface area (Å²) in [6, 6.07) is 8.46. The number of benzene rings is 1. The van der Waals surface area contributed by atoms with Crippen LogP contribution in [0.5, 0.6) is 0 Å². The number of rotatable bonds is 4. The Morgan fingerprint density at radius 2 is 1.95 bits per heavy atom. The summed E-state index contributed by atoms with van der Waals surface area (Å²) < 4.78 is 2.42. The highest BCUT2D eigenvalue weighted by atomic mass is 35.5. The highest BCUT2D eigenvalue weighted by Crippen LogP contribution is 2.38. The number of fused-ring (bicyclic) bond motifs is 1. The van der Waals surface area contributed by atoms with E-state index in [0.29, 0.717) is 11.3 Å². The van der Waals surface area contributed by atoms with Gasteiger partial charge in [0.05, 0.1) is 11.0 Å². The van der Waals surface area contributed by atoms with Crippen molar-refractivity contribution in [1.29, 1.82) is 0 Å². The molecule has 108 valence electrons. The monoisotopic (exact) mass is 290 g/mol. The second kappa shape index (κ2) is 5.77. The highest BCUT2D eigenvalue weighted by molar-refractivity contribution is 6.17. The number of aromatic nitrogens is 2. The first-order valence-electron chi connectivity index (χ1n) is 7.72. The average molecular weight is 291 g/mol. The van der Waals surface area contributed by atoms with Crippen LogP contribution in [0.25, 0.3) is 11.0 Å². The van der Waals surface area contributed by atoms with Crippen molar-refractivity contribution in [3.05, 3.63) is 30.1 Å². The molecule has 1 fully saturated rings. The van der Waals surface area contributed by atoms with E-state index in [9.17, 15) is 0 Å². The van der Waals surface area contributed by atoms with Crippen molar-refractivity contribution in [2.45, 2.75) is 52.0 Å². The van der Waals surface area contributed by atoms with E-state index in [-0.39, 0.29) is 0 Å². The van der Waals surface area contributed by atoms with Crippen molar-refractivity contribution < 1.29 is 0 Å². The lowest BCUT2D eigenvalue weighted by atomic mass is 9.75. The molecule has 0 atom stereocenters. The molecule has 0 aliphatic heterocycles. The lowest BCUT2D eigenvalue weighted by Gasteiger charge is -2.34. The third-order valence-electron chi connectivity index (χ3n) is 4.65. The van der Waals surface area contributed by atoms with Crippen LogP contribution in [0.4, 0.5) is 0 Å². The standard InChI is InChI=1S/C17H23ClN2/c1-17(10-5-2-6-11-17)13-20-15-8-4-3-7-14(15)19-16(20)9-12-18/h3-4,7-8H,2,5-6,9-13H2,1H3. The van der Waals surface area contributed by atoms with Gasteiger partial charge in [-0.3, -0.25) is 0 Å². The van der Waals surface area contributed by atoms with Crippen molar-refractivity contribution in [1.82, 2.24) is 9.55 Å². The normalized spacial score (nSPS) is 18.5. The molecule has 1 aromatic heterocycles. The number of imidazole rings is 1. The summed E-state index contributed by atoms with van der Waals surface area (Å²) in [5, 5.41) is 0. The van der Waals surface area contributed by atoms with E-state index in [4.69, 9.17) is 16.6 Å². The van der Waals surface area contributed by atoms with Gasteiger partial charge in [-0.15, -0.1) is 11.6 Å². The number of aryl methyl sites for hydroxylation is 1. The van der Waals surface area contributed by atoms with Crippen LogP contribution >= 0.6 is 11.6 Å². The van der Waals surface area contributed by atoms with Gasteiger partial charge in [-0.25, -0.2) is 4.98 Å². The number of hydrogen-bond donors (Lipinski definition) is 0. The minimum atomic E-state index is 0.419. The van der Waals surface area contributed by atoms with E-state index in [0.717, 1.165) is 24.3 Å². The molecule has 3 heteroatoms. The molecule has 0 unspecified atom stereocenters. The number of alkyl halides is 1. The highest BCUT2D eigenvalue weighted by Gasteiger charge is 2.28. The number of hydrogen-bond acceptors (Lipinski definition) is 1. The van der Waals surface area contributed by atoms with Gasteiger partial charge in [-0.2, -0.15) is 0 Å². The van der Waals surface area contributed by atoms with Crippen molar-refractivity contribution in [2.24, 2.45) is 5.41 Å². The van der Waals surface area contributed by atoms with Gasteiger partial charge in [-0.1, -0.05) is 38.3 Å². The van der Waals surface area contributed by atoms with Gasteiger partial charge in [0, 0.05) is 18.8 Å². The molecular formula is C17H23ClN2. The van der Waals surface area contributed by atoms with E-state index in [1.807, 2.05) is 0 Å². The summed E-state index contributed by atoms with van der Waals surface area (Å²) in [4.78, 5) is 4.78. The van der Waals surface area contributed by atoms with Crippen molar-refractivity contribution in [3.63, 3.8) is 0 Å². The third kappa shape index (κ3) is 2.71. The molecule has 1 aromatic carbocycles. The lowest BCUT2D eigenvalue weighted by molar-refractivity contribution is 0.183. The SMILES string of the molecule is CC1(Cn2c(CCCl)nc3ccccc32)CCCCC1. The Balaban J connectivity index is 1.97. The zero-order valence-corrected chi connectivity index (χ0v) is 13.0. The summed E-state index contributed by atoms with van der Waals surface area (Å²) >= 11 is 5.96. The molecule has 0 radical (unpaired) electrons. The van der Waals surface area contributed by atoms with Crippen LogP contribution in [0.3, 0.4) is 0 Å². The summed E-state index contributed by atoms with van der Waals surface area (Å²) in [6.07, 6.45) is 7.66. The molecule has 2 nitrogen and oxygen atoms in total. The summed E-state index contributed by atoms with van der Waals surface area (Å²) in [5.74, 6) is 1.79. The second-order valence-corrected chi connectivity index (χ2v) is 6.79. The fourth-order valence-electron chi connectivity index (χ4n) is 3.52. The molecule has 2 aromatic rings. The Morgan fingerprint density at radius 3 is 2.70 bits per heavy atom. The van der Waals surface area contributed by atoms with Crippen LogP contribution in [-0.4, -0.2) is 15.4 Å². The zero-order valence-electron chi connectivity index (χ0n) is 12.2. The third-order valence-corrected chi connectivity index (χ3v) is 4.84. The van der Waals surface area contributed by atoms with E-state index in [1.54, 1.807) is 0 Å². The van der Waals surface area contributed by atoms with Crippen LogP contribution in [0.2, 0.25) is 0 Å². The van der Waals surface area contributed by atoms with Crippen LogP contribution in [0.15, 0.2) is 24.3 Å². The maximum Gasteiger partial charge on any atom is 0.111 e. The van der Waals surface area contributed by atoms with Crippen LogP contribution in [-0.2, 0) is 13.0 Å². The molecule has 0 N–H and O–H groups in total. The maximum absolute atomic E-state index is 5.96. The fraction of sp³-hybridized carbons (Fsp3) is 0.588. The van der Waals surface area contributed by atoms with Gasteiger partial charge in [0.1, 0.15) is 5.82 Å². The Morgan fingerprint density at radius 1 is 1.20 bits per heavy atom. The average Bonchev–Trinajstić information content (AvgIpc) is 2.78. The smallest absolute Gasteiger partial charge is 0.111 e. The molecule has 1 saturated carbocycles. The number of nitrogens with zero attached hydrogens (tertiary/aromatic N) is 2. The topological polar surface area (TPSA) is 17.8 Å². The Bertz CT molecular complexity index is 582. The van der Waals surface area contributed by atoms with Gasteiger partial charge in [0.15, 0.2) is 0 Å². The minimum Gasteiger partial charge on any atom is -0.327 e. The first kappa shape index (κ1) is 13.9. The Kier molecular flexibility index (Phi) is 4.02. The van der Waals surface area contributed by atoms with Gasteiger partial charge >= 0.3 is 0 Å². The molecule has 1 aliphatic carbocycles. The summed E-state index contributed by atoms with van der Waals surface area (Å²) in [6.45, 7) is 3.52. The van der Waals surface area contributed by atoms with Crippen molar-refractivity contribution in [3.8, 4) is 0 Å². The Labute approximate surface area is 126 Å². The quantitative estimate of drug-likeness (QED) is 0.740. The first-order chi connectivity index (χ1) is 9.72. The summed E-state index contributed by atoms with van der Waals surface area (Å²) in [5.41, 5.74) is 2.79. The zero-order chi connectivity index (χ0) is 14.0. The number of para-hydroxylation sites is 2. The summed E-state index contributed by atoms with van der Waals surface area (Å²) in [7, 11) is 0.